The van der Waals surface area contributed by atoms with E-state index in [0.717, 1.165) is 17.8 Å². The molecule has 0 spiro atoms. The summed E-state index contributed by atoms with van der Waals surface area (Å²) in [6.07, 6.45) is 4.04. The first-order valence-corrected chi connectivity index (χ1v) is 7.25. The number of hydrogen-bond donors (Lipinski definition) is 1. The van der Waals surface area contributed by atoms with Crippen molar-refractivity contribution in [3.63, 3.8) is 0 Å². The number of anilines is 1. The molecule has 1 unspecified atom stereocenters. The molecule has 6 heteroatoms. The summed E-state index contributed by atoms with van der Waals surface area (Å²) in [4.78, 5) is 3.99. The van der Waals surface area contributed by atoms with Crippen LogP contribution in [0, 0.1) is 0 Å². The lowest BCUT2D eigenvalue weighted by Gasteiger charge is -2.28. The Morgan fingerprint density at radius 3 is 2.81 bits per heavy atom. The van der Waals surface area contributed by atoms with Gasteiger partial charge in [0.05, 0.1) is 17.0 Å². The number of benzene rings is 1. The molecule has 0 aliphatic heterocycles. The Morgan fingerprint density at radius 1 is 1.43 bits per heavy atom. The quantitative estimate of drug-likeness (QED) is 0.887. The van der Waals surface area contributed by atoms with Crippen LogP contribution in [0.4, 0.5) is 5.69 Å². The average Bonchev–Trinajstić information content (AvgIpc) is 2.92. The number of halogens is 1. The Hall–Kier alpha value is -1.59. The molecular weight excluding hydrogens is 288 g/mol. The molecule has 0 fully saturated rings. The van der Waals surface area contributed by atoms with Gasteiger partial charge in [-0.2, -0.15) is 5.10 Å². The third-order valence-electron chi connectivity index (χ3n) is 3.38. The van der Waals surface area contributed by atoms with Gasteiger partial charge >= 0.3 is 0 Å². The summed E-state index contributed by atoms with van der Waals surface area (Å²) in [6.45, 7) is 6.26. The summed E-state index contributed by atoms with van der Waals surface area (Å²) in [5, 5.41) is 8.33. The second-order valence-electron chi connectivity index (χ2n) is 5.71. The number of aromatic nitrogens is 3. The molecule has 0 aliphatic rings. The molecule has 114 valence electrons. The fourth-order valence-corrected chi connectivity index (χ4v) is 2.47. The van der Waals surface area contributed by atoms with E-state index in [-0.39, 0.29) is 11.6 Å². The van der Waals surface area contributed by atoms with Crippen LogP contribution in [-0.4, -0.2) is 33.5 Å². The van der Waals surface area contributed by atoms with E-state index in [4.69, 9.17) is 16.3 Å². The van der Waals surface area contributed by atoms with Crippen molar-refractivity contribution in [1.29, 1.82) is 0 Å². The second-order valence-corrected chi connectivity index (χ2v) is 6.15. The fraction of sp³-hybridized carbons (Fsp3) is 0.467. The van der Waals surface area contributed by atoms with Gasteiger partial charge in [0.15, 0.2) is 0 Å². The number of nitrogens with one attached hydrogen (secondary N) is 1. The summed E-state index contributed by atoms with van der Waals surface area (Å²) in [5.41, 5.74) is 1.66. The Kier molecular flexibility index (Phi) is 4.85. The molecular formula is C15H21ClN4O. The highest BCUT2D eigenvalue weighted by Crippen LogP contribution is 2.26. The van der Waals surface area contributed by atoms with Gasteiger partial charge in [0.1, 0.15) is 12.7 Å². The Morgan fingerprint density at radius 2 is 2.19 bits per heavy atom. The zero-order valence-electron chi connectivity index (χ0n) is 12.8. The van der Waals surface area contributed by atoms with Crippen LogP contribution >= 0.6 is 11.6 Å². The molecule has 1 N–H and O–H groups in total. The lowest BCUT2D eigenvalue weighted by Crippen LogP contribution is -2.31. The van der Waals surface area contributed by atoms with Crippen LogP contribution in [0.1, 0.15) is 27.2 Å². The topological polar surface area (TPSA) is 52.0 Å². The number of hydrogen-bond acceptors (Lipinski definition) is 4. The highest BCUT2D eigenvalue weighted by atomic mass is 35.5. The monoisotopic (exact) mass is 308 g/mol. The summed E-state index contributed by atoms with van der Waals surface area (Å²) in [6, 6.07) is 5.89. The number of nitrogens with zero attached hydrogens (tertiary/aromatic N) is 3. The van der Waals surface area contributed by atoms with Crippen LogP contribution in [0.5, 0.6) is 0 Å². The molecule has 1 heterocycles. The van der Waals surface area contributed by atoms with Gasteiger partial charge < -0.3 is 10.1 Å². The molecule has 1 atom stereocenters. The van der Waals surface area contributed by atoms with Crippen LogP contribution in [0.3, 0.4) is 0 Å². The van der Waals surface area contributed by atoms with Crippen LogP contribution in [-0.2, 0) is 4.74 Å². The average molecular weight is 309 g/mol. The first-order chi connectivity index (χ1) is 9.91. The predicted octanol–water partition coefficient (Wildman–Crippen LogP) is 3.54. The molecule has 5 nitrogen and oxygen atoms in total. The lowest BCUT2D eigenvalue weighted by atomic mass is 9.99. The first-order valence-electron chi connectivity index (χ1n) is 6.87. The van der Waals surface area contributed by atoms with Crippen molar-refractivity contribution < 1.29 is 4.74 Å². The molecule has 0 saturated carbocycles. The van der Waals surface area contributed by atoms with Crippen molar-refractivity contribution in [2.24, 2.45) is 0 Å². The minimum Gasteiger partial charge on any atom is -0.381 e. The lowest BCUT2D eigenvalue weighted by molar-refractivity contribution is 0.0128. The van der Waals surface area contributed by atoms with Gasteiger partial charge in [-0.15, -0.1) is 0 Å². The minimum absolute atomic E-state index is 0.182. The van der Waals surface area contributed by atoms with Gasteiger partial charge in [-0.1, -0.05) is 11.6 Å². The van der Waals surface area contributed by atoms with Crippen molar-refractivity contribution in [2.45, 2.75) is 38.8 Å². The van der Waals surface area contributed by atoms with Gasteiger partial charge in [0.2, 0.25) is 0 Å². The van der Waals surface area contributed by atoms with E-state index in [2.05, 4.69) is 36.2 Å². The largest absolute Gasteiger partial charge is 0.381 e. The van der Waals surface area contributed by atoms with Crippen LogP contribution < -0.4 is 5.32 Å². The summed E-state index contributed by atoms with van der Waals surface area (Å²) < 4.78 is 7.19. The molecule has 0 amide bonds. The van der Waals surface area contributed by atoms with Crippen molar-refractivity contribution >= 4 is 17.3 Å². The van der Waals surface area contributed by atoms with E-state index in [9.17, 15) is 0 Å². The maximum Gasteiger partial charge on any atom is 0.138 e. The molecule has 0 saturated heterocycles. The number of rotatable bonds is 6. The normalized spacial score (nSPS) is 13.2. The smallest absolute Gasteiger partial charge is 0.138 e. The summed E-state index contributed by atoms with van der Waals surface area (Å²) >= 11 is 6.11. The van der Waals surface area contributed by atoms with Crippen LogP contribution in [0.15, 0.2) is 30.9 Å². The van der Waals surface area contributed by atoms with E-state index in [0.29, 0.717) is 5.02 Å². The molecule has 1 aromatic heterocycles. The SMILES string of the molecule is COC(C)(C)CC(C)Nc1cc(Cl)ccc1-n1cncn1. The number of ether oxygens (including phenoxy) is 1. The van der Waals surface area contributed by atoms with Crippen molar-refractivity contribution in [1.82, 2.24) is 14.8 Å². The van der Waals surface area contributed by atoms with E-state index in [1.165, 1.54) is 6.33 Å². The third kappa shape index (κ3) is 4.19. The Bertz CT molecular complexity index is 583. The number of methoxy groups -OCH3 is 1. The summed E-state index contributed by atoms with van der Waals surface area (Å²) in [5.74, 6) is 0. The minimum atomic E-state index is -0.182. The zero-order chi connectivity index (χ0) is 15.5. The van der Waals surface area contributed by atoms with Gasteiger partial charge in [-0.05, 0) is 45.4 Å². The van der Waals surface area contributed by atoms with E-state index in [1.54, 1.807) is 18.1 Å². The molecule has 2 aromatic rings. The highest BCUT2D eigenvalue weighted by molar-refractivity contribution is 6.31. The Labute approximate surface area is 130 Å². The second kappa shape index (κ2) is 6.45. The van der Waals surface area contributed by atoms with Crippen LogP contribution in [0.2, 0.25) is 5.02 Å². The Balaban J connectivity index is 2.21. The molecule has 21 heavy (non-hydrogen) atoms. The van der Waals surface area contributed by atoms with E-state index in [1.807, 2.05) is 18.2 Å². The fourth-order valence-electron chi connectivity index (χ4n) is 2.29. The van der Waals surface area contributed by atoms with Gasteiger partial charge in [-0.3, -0.25) is 0 Å². The first kappa shape index (κ1) is 15.8. The standard InChI is InChI=1S/C15H21ClN4O/c1-11(8-15(2,3)21-4)19-13-7-12(16)5-6-14(13)20-10-17-9-18-20/h5-7,9-11,19H,8H2,1-4H3. The zero-order valence-corrected chi connectivity index (χ0v) is 13.6. The highest BCUT2D eigenvalue weighted by Gasteiger charge is 2.21. The van der Waals surface area contributed by atoms with Crippen molar-refractivity contribution in [2.75, 3.05) is 12.4 Å². The van der Waals surface area contributed by atoms with E-state index < -0.39 is 0 Å². The third-order valence-corrected chi connectivity index (χ3v) is 3.61. The summed E-state index contributed by atoms with van der Waals surface area (Å²) in [7, 11) is 1.73. The molecule has 0 radical (unpaired) electrons. The van der Waals surface area contributed by atoms with E-state index >= 15 is 0 Å². The maximum absolute atomic E-state index is 6.11. The molecule has 1 aromatic carbocycles. The van der Waals surface area contributed by atoms with Gasteiger partial charge in [0, 0.05) is 18.2 Å². The van der Waals surface area contributed by atoms with Gasteiger partial charge in [-0.25, -0.2) is 9.67 Å². The predicted molar refractivity (Wildman–Crippen MR) is 85.2 cm³/mol. The van der Waals surface area contributed by atoms with Crippen molar-refractivity contribution in [3.8, 4) is 5.69 Å². The maximum atomic E-state index is 6.11. The molecule has 2 rings (SSSR count). The van der Waals surface area contributed by atoms with Crippen molar-refractivity contribution in [3.05, 3.63) is 35.9 Å². The van der Waals surface area contributed by atoms with Gasteiger partial charge in [0.25, 0.3) is 0 Å². The van der Waals surface area contributed by atoms with Crippen LogP contribution in [0.25, 0.3) is 5.69 Å². The molecule has 0 bridgehead atoms. The molecule has 0 aliphatic carbocycles.